The summed E-state index contributed by atoms with van der Waals surface area (Å²) in [5, 5.41) is 6.11. The first-order valence-corrected chi connectivity index (χ1v) is 6.48. The minimum absolute atomic E-state index is 0.166. The van der Waals surface area contributed by atoms with Crippen molar-refractivity contribution < 1.29 is 4.39 Å². The number of nitrogen functional groups attached to an aromatic ring is 1. The van der Waals surface area contributed by atoms with Crippen LogP contribution in [-0.4, -0.2) is 16.5 Å². The predicted octanol–water partition coefficient (Wildman–Crippen LogP) is 3.14. The molecule has 100 valence electrons. The highest BCUT2D eigenvalue weighted by molar-refractivity contribution is 9.10. The van der Waals surface area contributed by atoms with Crippen LogP contribution in [0, 0.1) is 5.82 Å². The molecule has 19 heavy (non-hydrogen) atoms. The number of rotatable bonds is 4. The van der Waals surface area contributed by atoms with Crippen LogP contribution in [0.25, 0.3) is 0 Å². The van der Waals surface area contributed by atoms with E-state index in [1.54, 1.807) is 12.1 Å². The van der Waals surface area contributed by atoms with Crippen molar-refractivity contribution in [1.82, 2.24) is 9.97 Å². The first-order valence-electron chi connectivity index (χ1n) is 5.69. The Kier molecular flexibility index (Phi) is 4.16. The fourth-order valence-corrected chi connectivity index (χ4v) is 1.98. The van der Waals surface area contributed by atoms with Crippen LogP contribution in [0.4, 0.5) is 27.7 Å². The van der Waals surface area contributed by atoms with Gasteiger partial charge in [0.2, 0.25) is 5.95 Å². The minimum Gasteiger partial charge on any atom is -0.370 e. The molecule has 1 aromatic heterocycles. The Hall–Kier alpha value is -1.89. The summed E-state index contributed by atoms with van der Waals surface area (Å²) in [6.45, 7) is 2.69. The van der Waals surface area contributed by atoms with Crippen LogP contribution >= 0.6 is 15.9 Å². The Labute approximate surface area is 118 Å². The number of aromatic nitrogens is 2. The number of nitrogens with zero attached hydrogens (tertiary/aromatic N) is 2. The SMILES string of the molecule is CCNc1cc(Nc2ccc(F)cc2Br)nc(N)n1. The molecule has 0 fully saturated rings. The lowest BCUT2D eigenvalue weighted by molar-refractivity contribution is 0.627. The zero-order chi connectivity index (χ0) is 13.8. The highest BCUT2D eigenvalue weighted by atomic mass is 79.9. The van der Waals surface area contributed by atoms with Crippen molar-refractivity contribution in [2.75, 3.05) is 22.9 Å². The fraction of sp³-hybridized carbons (Fsp3) is 0.167. The van der Waals surface area contributed by atoms with E-state index in [1.807, 2.05) is 6.92 Å². The fourth-order valence-electron chi connectivity index (χ4n) is 1.53. The number of hydrogen-bond acceptors (Lipinski definition) is 5. The third-order valence-corrected chi connectivity index (χ3v) is 2.95. The molecule has 5 nitrogen and oxygen atoms in total. The second-order valence-corrected chi connectivity index (χ2v) is 4.63. The predicted molar refractivity (Wildman–Crippen MR) is 78.0 cm³/mol. The molecule has 7 heteroatoms. The second kappa shape index (κ2) is 5.83. The lowest BCUT2D eigenvalue weighted by Gasteiger charge is -2.10. The summed E-state index contributed by atoms with van der Waals surface area (Å²) < 4.78 is 13.6. The van der Waals surface area contributed by atoms with E-state index in [9.17, 15) is 4.39 Å². The maximum Gasteiger partial charge on any atom is 0.223 e. The van der Waals surface area contributed by atoms with Gasteiger partial charge in [0.25, 0.3) is 0 Å². The van der Waals surface area contributed by atoms with Gasteiger partial charge in [-0.2, -0.15) is 9.97 Å². The van der Waals surface area contributed by atoms with Crippen LogP contribution in [0.15, 0.2) is 28.7 Å². The van der Waals surface area contributed by atoms with Gasteiger partial charge in [0.15, 0.2) is 0 Å². The van der Waals surface area contributed by atoms with Gasteiger partial charge in [-0.25, -0.2) is 4.39 Å². The summed E-state index contributed by atoms with van der Waals surface area (Å²) in [7, 11) is 0. The normalized spacial score (nSPS) is 10.3. The standard InChI is InChI=1S/C12H13BrFN5/c1-2-16-10-6-11(19-12(15)18-10)17-9-4-3-7(14)5-8(9)13/h3-6H,2H2,1H3,(H4,15,16,17,18,19). The Bertz CT molecular complexity index is 590. The molecule has 4 N–H and O–H groups in total. The van der Waals surface area contributed by atoms with Crippen LogP contribution in [0.3, 0.4) is 0 Å². The summed E-state index contributed by atoms with van der Waals surface area (Å²) in [5.41, 5.74) is 6.33. The maximum absolute atomic E-state index is 13.0. The first kappa shape index (κ1) is 13.5. The third-order valence-electron chi connectivity index (χ3n) is 2.30. The van der Waals surface area contributed by atoms with E-state index < -0.39 is 0 Å². The molecule has 0 radical (unpaired) electrons. The first-order chi connectivity index (χ1) is 9.08. The number of anilines is 4. The summed E-state index contributed by atoms with van der Waals surface area (Å²) in [6, 6.07) is 6.08. The Morgan fingerprint density at radius 3 is 2.68 bits per heavy atom. The molecule has 0 bridgehead atoms. The highest BCUT2D eigenvalue weighted by Crippen LogP contribution is 2.26. The molecular weight excluding hydrogens is 313 g/mol. The molecule has 0 saturated carbocycles. The molecule has 0 saturated heterocycles. The molecule has 0 aliphatic carbocycles. The average Bonchev–Trinajstić information content (AvgIpc) is 2.32. The Balaban J connectivity index is 2.27. The van der Waals surface area contributed by atoms with Gasteiger partial charge >= 0.3 is 0 Å². The number of benzene rings is 1. The largest absolute Gasteiger partial charge is 0.370 e. The number of nitrogens with two attached hydrogens (primary N) is 1. The van der Waals surface area contributed by atoms with Crippen molar-refractivity contribution in [3.05, 3.63) is 34.6 Å². The molecule has 0 aliphatic rings. The monoisotopic (exact) mass is 325 g/mol. The molecular formula is C12H13BrFN5. The van der Waals surface area contributed by atoms with Gasteiger partial charge in [-0.1, -0.05) is 0 Å². The second-order valence-electron chi connectivity index (χ2n) is 3.78. The summed E-state index contributed by atoms with van der Waals surface area (Å²) >= 11 is 3.28. The molecule has 0 atom stereocenters. The third kappa shape index (κ3) is 3.54. The zero-order valence-corrected chi connectivity index (χ0v) is 11.8. The van der Waals surface area contributed by atoms with Gasteiger partial charge in [0.05, 0.1) is 5.69 Å². The van der Waals surface area contributed by atoms with Crippen LogP contribution in [0.1, 0.15) is 6.92 Å². The van der Waals surface area contributed by atoms with Crippen LogP contribution < -0.4 is 16.4 Å². The number of halogens is 2. The van der Waals surface area contributed by atoms with Crippen LogP contribution in [0.2, 0.25) is 0 Å². The number of nitrogens with one attached hydrogen (secondary N) is 2. The smallest absolute Gasteiger partial charge is 0.223 e. The summed E-state index contributed by atoms with van der Waals surface area (Å²) in [6.07, 6.45) is 0. The Morgan fingerprint density at radius 1 is 1.26 bits per heavy atom. The molecule has 1 aromatic carbocycles. The number of hydrogen-bond donors (Lipinski definition) is 3. The Morgan fingerprint density at radius 2 is 2.00 bits per heavy atom. The van der Waals surface area contributed by atoms with Crippen molar-refractivity contribution in [3.8, 4) is 0 Å². The molecule has 0 aliphatic heterocycles. The minimum atomic E-state index is -0.312. The van der Waals surface area contributed by atoms with Crippen LogP contribution in [0.5, 0.6) is 0 Å². The van der Waals surface area contributed by atoms with E-state index in [0.29, 0.717) is 21.8 Å². The van der Waals surface area contributed by atoms with E-state index in [0.717, 1.165) is 6.54 Å². The average molecular weight is 326 g/mol. The molecule has 1 heterocycles. The van der Waals surface area contributed by atoms with Gasteiger partial charge in [-0.3, -0.25) is 0 Å². The van der Waals surface area contributed by atoms with Gasteiger partial charge in [-0.05, 0) is 41.1 Å². The molecule has 2 aromatic rings. The van der Waals surface area contributed by atoms with E-state index in [-0.39, 0.29) is 11.8 Å². The maximum atomic E-state index is 13.0. The summed E-state index contributed by atoms with van der Waals surface area (Å²) in [4.78, 5) is 8.12. The lowest BCUT2D eigenvalue weighted by Crippen LogP contribution is -2.05. The van der Waals surface area contributed by atoms with Gasteiger partial charge in [0, 0.05) is 17.1 Å². The van der Waals surface area contributed by atoms with Crippen LogP contribution in [-0.2, 0) is 0 Å². The van der Waals surface area contributed by atoms with E-state index in [4.69, 9.17) is 5.73 Å². The quantitative estimate of drug-likeness (QED) is 0.805. The topological polar surface area (TPSA) is 75.9 Å². The van der Waals surface area contributed by atoms with Crippen molar-refractivity contribution in [1.29, 1.82) is 0 Å². The molecule has 0 spiro atoms. The molecule has 0 amide bonds. The summed E-state index contributed by atoms with van der Waals surface area (Å²) in [5.74, 6) is 1.03. The van der Waals surface area contributed by atoms with Crippen molar-refractivity contribution >= 4 is 39.2 Å². The van der Waals surface area contributed by atoms with Crippen molar-refractivity contribution in [3.63, 3.8) is 0 Å². The highest BCUT2D eigenvalue weighted by Gasteiger charge is 2.05. The van der Waals surface area contributed by atoms with Crippen molar-refractivity contribution in [2.45, 2.75) is 6.92 Å². The van der Waals surface area contributed by atoms with E-state index >= 15 is 0 Å². The van der Waals surface area contributed by atoms with Crippen molar-refractivity contribution in [2.24, 2.45) is 0 Å². The van der Waals surface area contributed by atoms with Gasteiger partial charge in [0.1, 0.15) is 17.5 Å². The molecule has 0 unspecified atom stereocenters. The van der Waals surface area contributed by atoms with E-state index in [2.05, 4.69) is 36.5 Å². The zero-order valence-electron chi connectivity index (χ0n) is 10.2. The van der Waals surface area contributed by atoms with Gasteiger partial charge < -0.3 is 16.4 Å². The lowest BCUT2D eigenvalue weighted by atomic mass is 10.3. The van der Waals surface area contributed by atoms with E-state index in [1.165, 1.54) is 12.1 Å². The van der Waals surface area contributed by atoms with Gasteiger partial charge in [-0.15, -0.1) is 0 Å². The molecule has 2 rings (SSSR count).